The van der Waals surface area contributed by atoms with E-state index in [2.05, 4.69) is 22.8 Å². The molecule has 7 nitrogen and oxygen atoms in total. The van der Waals surface area contributed by atoms with Gasteiger partial charge in [0.15, 0.2) is 0 Å². The molecule has 1 aliphatic rings. The van der Waals surface area contributed by atoms with E-state index in [0.29, 0.717) is 6.42 Å². The molecular weight excluding hydrogens is 444 g/mol. The van der Waals surface area contributed by atoms with Gasteiger partial charge in [-0.05, 0) is 41.0 Å². The first kappa shape index (κ1) is 26.3. The van der Waals surface area contributed by atoms with E-state index in [0.717, 1.165) is 22.3 Å². The van der Waals surface area contributed by atoms with E-state index in [1.165, 1.54) is 0 Å². The van der Waals surface area contributed by atoms with Gasteiger partial charge in [0.2, 0.25) is 5.91 Å². The minimum Gasteiger partial charge on any atom is -0.481 e. The summed E-state index contributed by atoms with van der Waals surface area (Å²) in [5.74, 6) is -2.49. The Morgan fingerprint density at radius 3 is 1.94 bits per heavy atom. The van der Waals surface area contributed by atoms with Crippen LogP contribution < -0.4 is 10.6 Å². The topological polar surface area (TPSA) is 105 Å². The van der Waals surface area contributed by atoms with E-state index >= 15 is 0 Å². The number of carbonyl (C=O) groups excluding carboxylic acids is 2. The fourth-order valence-electron chi connectivity index (χ4n) is 4.95. The smallest absolute Gasteiger partial charge is 0.407 e. The van der Waals surface area contributed by atoms with Crippen LogP contribution in [0.4, 0.5) is 4.79 Å². The van der Waals surface area contributed by atoms with E-state index in [9.17, 15) is 19.5 Å². The van der Waals surface area contributed by atoms with Crippen LogP contribution in [0.1, 0.15) is 58.1 Å². The van der Waals surface area contributed by atoms with Gasteiger partial charge in [0.1, 0.15) is 12.6 Å². The highest BCUT2D eigenvalue weighted by molar-refractivity contribution is 5.87. The number of carboxylic acid groups (broad SMARTS) is 1. The van der Waals surface area contributed by atoms with Crippen LogP contribution in [0, 0.1) is 17.8 Å². The maximum atomic E-state index is 13.1. The molecule has 2 amide bonds. The number of amides is 2. The van der Waals surface area contributed by atoms with Gasteiger partial charge in [-0.15, -0.1) is 0 Å². The van der Waals surface area contributed by atoms with Crippen LogP contribution in [-0.2, 0) is 14.3 Å². The van der Waals surface area contributed by atoms with Crippen molar-refractivity contribution in [3.8, 4) is 11.1 Å². The van der Waals surface area contributed by atoms with Crippen LogP contribution in [0.2, 0.25) is 0 Å². The zero-order valence-corrected chi connectivity index (χ0v) is 21.1. The molecule has 7 heteroatoms. The maximum absolute atomic E-state index is 13.1. The largest absolute Gasteiger partial charge is 0.481 e. The molecule has 4 atom stereocenters. The summed E-state index contributed by atoms with van der Waals surface area (Å²) >= 11 is 0. The van der Waals surface area contributed by atoms with Gasteiger partial charge in [-0.2, -0.15) is 0 Å². The Labute approximate surface area is 207 Å². The average Bonchev–Trinajstić information content (AvgIpc) is 3.13. The third-order valence-corrected chi connectivity index (χ3v) is 7.02. The van der Waals surface area contributed by atoms with Crippen LogP contribution in [-0.4, -0.2) is 41.8 Å². The third kappa shape index (κ3) is 5.84. The molecule has 0 saturated carbocycles. The lowest BCUT2D eigenvalue weighted by atomic mass is 9.89. The van der Waals surface area contributed by atoms with Crippen LogP contribution in [0.3, 0.4) is 0 Å². The first-order chi connectivity index (χ1) is 16.6. The molecule has 0 aliphatic heterocycles. The van der Waals surface area contributed by atoms with Crippen molar-refractivity contribution in [2.24, 2.45) is 17.8 Å². The molecule has 2 aromatic carbocycles. The van der Waals surface area contributed by atoms with Crippen molar-refractivity contribution in [1.82, 2.24) is 10.6 Å². The standard InChI is InChI=1S/C28H36N2O5/c1-6-17(4)25(26(31)29-18(5)24(16(2)3)27(32)33)30-28(34)35-15-23-21-13-9-7-11-19(21)20-12-8-10-14-22(20)23/h7-14,16-18,23-25H,6,15H2,1-5H3,(H,29,31)(H,30,34)(H,32,33)/t17?,18?,24?,25-/m0/s1. The maximum Gasteiger partial charge on any atom is 0.407 e. The summed E-state index contributed by atoms with van der Waals surface area (Å²) in [5, 5.41) is 15.1. The number of aliphatic carboxylic acids is 1. The molecule has 188 valence electrons. The molecule has 0 aromatic heterocycles. The van der Waals surface area contributed by atoms with Crippen molar-refractivity contribution >= 4 is 18.0 Å². The normalized spacial score (nSPS) is 15.9. The molecule has 0 radical (unpaired) electrons. The summed E-state index contributed by atoms with van der Waals surface area (Å²) in [6.07, 6.45) is -0.0125. The lowest BCUT2D eigenvalue weighted by molar-refractivity contribution is -0.144. The summed E-state index contributed by atoms with van der Waals surface area (Å²) in [6.45, 7) is 9.25. The number of carboxylic acids is 1. The highest BCUT2D eigenvalue weighted by atomic mass is 16.5. The second kappa shape index (κ2) is 11.4. The van der Waals surface area contributed by atoms with Crippen molar-refractivity contribution in [2.45, 2.75) is 59.0 Å². The van der Waals surface area contributed by atoms with Crippen LogP contribution in [0.25, 0.3) is 11.1 Å². The number of rotatable bonds is 10. The lowest BCUT2D eigenvalue weighted by Crippen LogP contribution is -2.54. The molecule has 3 unspecified atom stereocenters. The first-order valence-corrected chi connectivity index (χ1v) is 12.3. The van der Waals surface area contributed by atoms with Crippen molar-refractivity contribution in [3.05, 3.63) is 59.7 Å². The quantitative estimate of drug-likeness (QED) is 0.453. The SMILES string of the molecule is CCC(C)[C@H](NC(=O)OCC1c2ccccc2-c2ccccc21)C(=O)NC(C)C(C(=O)O)C(C)C. The fraction of sp³-hybridized carbons (Fsp3) is 0.464. The summed E-state index contributed by atoms with van der Waals surface area (Å²) in [4.78, 5) is 37.5. The molecule has 1 aliphatic carbocycles. The Bertz CT molecular complexity index is 1020. The molecule has 0 saturated heterocycles. The molecular formula is C28H36N2O5. The number of ether oxygens (including phenoxy) is 1. The van der Waals surface area contributed by atoms with Crippen molar-refractivity contribution < 1.29 is 24.2 Å². The third-order valence-electron chi connectivity index (χ3n) is 7.02. The van der Waals surface area contributed by atoms with Crippen molar-refractivity contribution in [2.75, 3.05) is 6.61 Å². The van der Waals surface area contributed by atoms with Gasteiger partial charge in [0, 0.05) is 12.0 Å². The van der Waals surface area contributed by atoms with Gasteiger partial charge >= 0.3 is 12.1 Å². The monoisotopic (exact) mass is 480 g/mol. The zero-order valence-electron chi connectivity index (χ0n) is 21.1. The Hall–Kier alpha value is -3.35. The molecule has 35 heavy (non-hydrogen) atoms. The van der Waals surface area contributed by atoms with Gasteiger partial charge in [-0.1, -0.05) is 82.6 Å². The van der Waals surface area contributed by atoms with Gasteiger partial charge in [0.05, 0.1) is 5.92 Å². The second-order valence-electron chi connectivity index (χ2n) is 9.74. The number of carbonyl (C=O) groups is 3. The molecule has 3 N–H and O–H groups in total. The van der Waals surface area contributed by atoms with Crippen molar-refractivity contribution in [3.63, 3.8) is 0 Å². The van der Waals surface area contributed by atoms with E-state index in [-0.39, 0.29) is 24.4 Å². The Balaban J connectivity index is 1.67. The number of benzene rings is 2. The molecule has 0 spiro atoms. The number of hydrogen-bond donors (Lipinski definition) is 3. The van der Waals surface area contributed by atoms with Crippen LogP contribution >= 0.6 is 0 Å². The Morgan fingerprint density at radius 1 is 0.914 bits per heavy atom. The van der Waals surface area contributed by atoms with E-state index < -0.39 is 36.0 Å². The summed E-state index contributed by atoms with van der Waals surface area (Å²) < 4.78 is 5.62. The van der Waals surface area contributed by atoms with E-state index in [4.69, 9.17) is 4.74 Å². The van der Waals surface area contributed by atoms with E-state index in [1.54, 1.807) is 6.92 Å². The minimum atomic E-state index is -0.961. The highest BCUT2D eigenvalue weighted by Crippen LogP contribution is 2.44. The summed E-state index contributed by atoms with van der Waals surface area (Å²) in [5.41, 5.74) is 4.50. The zero-order chi connectivity index (χ0) is 25.7. The van der Waals surface area contributed by atoms with Crippen LogP contribution in [0.5, 0.6) is 0 Å². The molecule has 0 bridgehead atoms. The molecule has 3 rings (SSSR count). The molecule has 0 heterocycles. The summed E-state index contributed by atoms with van der Waals surface area (Å²) in [7, 11) is 0. The Morgan fingerprint density at radius 2 is 1.46 bits per heavy atom. The Kier molecular flexibility index (Phi) is 8.54. The predicted octanol–water partition coefficient (Wildman–Crippen LogP) is 4.80. The highest BCUT2D eigenvalue weighted by Gasteiger charge is 2.34. The number of fused-ring (bicyclic) bond motifs is 3. The molecule has 2 aromatic rings. The van der Waals surface area contributed by atoms with E-state index in [1.807, 2.05) is 64.1 Å². The molecule has 0 fully saturated rings. The fourth-order valence-corrected chi connectivity index (χ4v) is 4.95. The summed E-state index contributed by atoms with van der Waals surface area (Å²) in [6, 6.07) is 14.8. The number of nitrogens with one attached hydrogen (secondary N) is 2. The first-order valence-electron chi connectivity index (χ1n) is 12.3. The van der Waals surface area contributed by atoms with Gasteiger partial charge in [-0.25, -0.2) is 4.79 Å². The average molecular weight is 481 g/mol. The van der Waals surface area contributed by atoms with Gasteiger partial charge < -0.3 is 20.5 Å². The minimum absolute atomic E-state index is 0.0774. The lowest BCUT2D eigenvalue weighted by Gasteiger charge is -2.29. The van der Waals surface area contributed by atoms with Crippen LogP contribution in [0.15, 0.2) is 48.5 Å². The second-order valence-corrected chi connectivity index (χ2v) is 9.74. The van der Waals surface area contributed by atoms with Crippen molar-refractivity contribution in [1.29, 1.82) is 0 Å². The van der Waals surface area contributed by atoms with Gasteiger partial charge in [0.25, 0.3) is 0 Å². The number of hydrogen-bond acceptors (Lipinski definition) is 4. The van der Waals surface area contributed by atoms with Gasteiger partial charge in [-0.3, -0.25) is 9.59 Å². The predicted molar refractivity (Wildman–Crippen MR) is 135 cm³/mol. The number of alkyl carbamates (subject to hydrolysis) is 1.